The van der Waals surface area contributed by atoms with Crippen LogP contribution >= 0.6 is 0 Å². The maximum atomic E-state index is 13.5. The number of hydrogen-bond acceptors (Lipinski definition) is 4. The summed E-state index contributed by atoms with van der Waals surface area (Å²) in [6.07, 6.45) is 1.52. The lowest BCUT2D eigenvalue weighted by molar-refractivity contribution is 0.0943. The Balaban J connectivity index is 1.81. The SMILES string of the molecule is Cc1cc(C)n2ncc(C(=O)NCC(c3cccc(F)c3)N(C)C)c2n1. The third kappa shape index (κ3) is 3.57. The van der Waals surface area contributed by atoms with E-state index in [2.05, 4.69) is 15.4 Å². The van der Waals surface area contributed by atoms with Crippen molar-refractivity contribution in [3.8, 4) is 0 Å². The molecule has 0 spiro atoms. The molecule has 3 rings (SSSR count). The highest BCUT2D eigenvalue weighted by molar-refractivity contribution is 5.99. The van der Waals surface area contributed by atoms with Crippen LogP contribution in [0.1, 0.15) is 33.4 Å². The van der Waals surface area contributed by atoms with Crippen molar-refractivity contribution in [2.45, 2.75) is 19.9 Å². The molecule has 26 heavy (non-hydrogen) atoms. The smallest absolute Gasteiger partial charge is 0.256 e. The van der Waals surface area contributed by atoms with Crippen molar-refractivity contribution in [3.63, 3.8) is 0 Å². The minimum absolute atomic E-state index is 0.145. The quantitative estimate of drug-likeness (QED) is 0.764. The van der Waals surface area contributed by atoms with Crippen LogP contribution in [0.5, 0.6) is 0 Å². The molecule has 0 saturated carbocycles. The second kappa shape index (κ2) is 7.21. The maximum absolute atomic E-state index is 13.5. The van der Waals surface area contributed by atoms with Crippen LogP contribution in [0.3, 0.4) is 0 Å². The lowest BCUT2D eigenvalue weighted by atomic mass is 10.1. The number of nitrogens with one attached hydrogen (secondary N) is 1. The molecular formula is C19H22FN5O. The molecule has 1 amide bonds. The fraction of sp³-hybridized carbons (Fsp3) is 0.316. The van der Waals surface area contributed by atoms with Gasteiger partial charge in [-0.25, -0.2) is 13.9 Å². The summed E-state index contributed by atoms with van der Waals surface area (Å²) in [6.45, 7) is 4.15. The minimum atomic E-state index is -0.293. The molecule has 0 bridgehead atoms. The summed E-state index contributed by atoms with van der Waals surface area (Å²) in [6, 6.07) is 8.18. The van der Waals surface area contributed by atoms with E-state index in [4.69, 9.17) is 0 Å². The van der Waals surface area contributed by atoms with Crippen LogP contribution in [0.2, 0.25) is 0 Å². The van der Waals surface area contributed by atoms with E-state index in [1.165, 1.54) is 18.3 Å². The molecule has 0 aliphatic carbocycles. The highest BCUT2D eigenvalue weighted by Gasteiger charge is 2.19. The van der Waals surface area contributed by atoms with Gasteiger partial charge in [-0.1, -0.05) is 12.1 Å². The van der Waals surface area contributed by atoms with Crippen LogP contribution in [0, 0.1) is 19.7 Å². The van der Waals surface area contributed by atoms with Crippen LogP contribution in [0.25, 0.3) is 5.65 Å². The summed E-state index contributed by atoms with van der Waals surface area (Å²) in [7, 11) is 3.79. The Hall–Kier alpha value is -2.80. The Morgan fingerprint density at radius 1 is 1.31 bits per heavy atom. The van der Waals surface area contributed by atoms with Crippen molar-refractivity contribution >= 4 is 11.6 Å². The predicted octanol–water partition coefficient (Wildman–Crippen LogP) is 2.52. The highest BCUT2D eigenvalue weighted by atomic mass is 19.1. The maximum Gasteiger partial charge on any atom is 0.256 e. The van der Waals surface area contributed by atoms with Crippen molar-refractivity contribution in [3.05, 3.63) is 64.9 Å². The van der Waals surface area contributed by atoms with Gasteiger partial charge in [-0.15, -0.1) is 0 Å². The molecule has 0 aliphatic heterocycles. The lowest BCUT2D eigenvalue weighted by Crippen LogP contribution is -2.34. The van der Waals surface area contributed by atoms with Crippen molar-refractivity contribution in [2.24, 2.45) is 0 Å². The Morgan fingerprint density at radius 2 is 2.08 bits per heavy atom. The number of likely N-dealkylation sites (N-methyl/N-ethyl adjacent to an activating group) is 1. The van der Waals surface area contributed by atoms with Gasteiger partial charge in [-0.2, -0.15) is 5.10 Å². The lowest BCUT2D eigenvalue weighted by Gasteiger charge is -2.25. The summed E-state index contributed by atoms with van der Waals surface area (Å²) < 4.78 is 15.2. The molecule has 2 aromatic heterocycles. The fourth-order valence-electron chi connectivity index (χ4n) is 3.03. The van der Waals surface area contributed by atoms with Crippen LogP contribution in [0.15, 0.2) is 36.5 Å². The molecule has 1 N–H and O–H groups in total. The van der Waals surface area contributed by atoms with E-state index in [0.29, 0.717) is 17.8 Å². The largest absolute Gasteiger partial charge is 0.350 e. The van der Waals surface area contributed by atoms with E-state index in [-0.39, 0.29) is 17.8 Å². The minimum Gasteiger partial charge on any atom is -0.350 e. The first-order valence-corrected chi connectivity index (χ1v) is 8.39. The van der Waals surface area contributed by atoms with Crippen LogP contribution in [-0.4, -0.2) is 46.0 Å². The number of benzene rings is 1. The number of amides is 1. The van der Waals surface area contributed by atoms with E-state index in [0.717, 1.165) is 17.0 Å². The van der Waals surface area contributed by atoms with Crippen LogP contribution in [0.4, 0.5) is 4.39 Å². The average Bonchev–Trinajstić information content (AvgIpc) is 2.98. The number of carbonyl (C=O) groups is 1. The second-order valence-corrected chi connectivity index (χ2v) is 6.58. The van der Waals surface area contributed by atoms with Crippen molar-refractivity contribution < 1.29 is 9.18 Å². The molecule has 3 aromatic rings. The zero-order chi connectivity index (χ0) is 18.8. The number of halogens is 1. The van der Waals surface area contributed by atoms with Crippen molar-refractivity contribution in [1.82, 2.24) is 24.8 Å². The van der Waals surface area contributed by atoms with Gasteiger partial charge in [0.05, 0.1) is 12.2 Å². The molecule has 1 aromatic carbocycles. The zero-order valence-electron chi connectivity index (χ0n) is 15.3. The Labute approximate surface area is 151 Å². The summed E-state index contributed by atoms with van der Waals surface area (Å²) in [5.41, 5.74) is 3.51. The molecule has 0 radical (unpaired) electrons. The third-order valence-corrected chi connectivity index (χ3v) is 4.34. The van der Waals surface area contributed by atoms with Crippen LogP contribution < -0.4 is 5.32 Å². The average molecular weight is 355 g/mol. The first-order valence-electron chi connectivity index (χ1n) is 8.39. The van der Waals surface area contributed by atoms with E-state index in [1.807, 2.05) is 45.0 Å². The molecule has 1 unspecified atom stereocenters. The Morgan fingerprint density at radius 3 is 2.77 bits per heavy atom. The monoisotopic (exact) mass is 355 g/mol. The molecule has 6 nitrogen and oxygen atoms in total. The molecule has 0 aliphatic rings. The van der Waals surface area contributed by atoms with E-state index in [9.17, 15) is 9.18 Å². The van der Waals surface area contributed by atoms with E-state index in [1.54, 1.807) is 10.6 Å². The summed E-state index contributed by atoms with van der Waals surface area (Å²) >= 11 is 0. The van der Waals surface area contributed by atoms with Gasteiger partial charge in [0, 0.05) is 17.9 Å². The molecule has 7 heteroatoms. The first-order chi connectivity index (χ1) is 12.4. The molecule has 136 valence electrons. The molecule has 1 atom stereocenters. The number of fused-ring (bicyclic) bond motifs is 1. The Kier molecular flexibility index (Phi) is 4.99. The van der Waals surface area contributed by atoms with Gasteiger partial charge < -0.3 is 10.2 Å². The summed E-state index contributed by atoms with van der Waals surface area (Å²) in [5, 5.41) is 7.16. The summed E-state index contributed by atoms with van der Waals surface area (Å²) in [5.74, 6) is -0.542. The van der Waals surface area contributed by atoms with Crippen LogP contribution in [-0.2, 0) is 0 Å². The van der Waals surface area contributed by atoms with Gasteiger partial charge in [0.1, 0.15) is 11.4 Å². The standard InChI is InChI=1S/C19H22FN5O/c1-12-8-13(2)25-18(23-12)16(10-22-25)19(26)21-11-17(24(3)4)14-6-5-7-15(20)9-14/h5-10,17H,11H2,1-4H3,(H,21,26). The zero-order valence-corrected chi connectivity index (χ0v) is 15.3. The van der Waals surface area contributed by atoms with Gasteiger partial charge >= 0.3 is 0 Å². The van der Waals surface area contributed by atoms with Gasteiger partial charge in [-0.3, -0.25) is 4.79 Å². The topological polar surface area (TPSA) is 62.5 Å². The van der Waals surface area contributed by atoms with Gasteiger partial charge in [-0.05, 0) is 51.7 Å². The van der Waals surface area contributed by atoms with Crippen molar-refractivity contribution in [1.29, 1.82) is 0 Å². The van der Waals surface area contributed by atoms with Crippen molar-refractivity contribution in [2.75, 3.05) is 20.6 Å². The van der Waals surface area contributed by atoms with Gasteiger partial charge in [0.2, 0.25) is 0 Å². The molecule has 2 heterocycles. The first kappa shape index (κ1) is 18.0. The fourth-order valence-corrected chi connectivity index (χ4v) is 3.03. The van der Waals surface area contributed by atoms with E-state index < -0.39 is 0 Å². The Bertz CT molecular complexity index is 950. The number of hydrogen-bond donors (Lipinski definition) is 1. The molecule has 0 saturated heterocycles. The number of nitrogens with zero attached hydrogens (tertiary/aromatic N) is 4. The van der Waals surface area contributed by atoms with Gasteiger partial charge in [0.25, 0.3) is 5.91 Å². The number of aromatic nitrogens is 3. The summed E-state index contributed by atoms with van der Waals surface area (Å²) in [4.78, 5) is 19.0. The normalized spacial score (nSPS) is 12.5. The second-order valence-electron chi connectivity index (χ2n) is 6.58. The molecule has 0 fully saturated rings. The third-order valence-electron chi connectivity index (χ3n) is 4.34. The molecular weight excluding hydrogens is 333 g/mol. The number of aryl methyl sites for hydroxylation is 2. The van der Waals surface area contributed by atoms with Gasteiger partial charge in [0.15, 0.2) is 5.65 Å². The predicted molar refractivity (Wildman–Crippen MR) is 97.6 cm³/mol. The number of rotatable bonds is 5. The van der Waals surface area contributed by atoms with E-state index >= 15 is 0 Å². The number of carbonyl (C=O) groups excluding carboxylic acids is 1. The highest BCUT2D eigenvalue weighted by Crippen LogP contribution is 2.19.